The number of aromatic amines is 1. The third kappa shape index (κ3) is 4.20. The summed E-state index contributed by atoms with van der Waals surface area (Å²) in [6, 6.07) is 14.4. The highest BCUT2D eigenvalue weighted by molar-refractivity contribution is 7.15. The lowest BCUT2D eigenvalue weighted by atomic mass is 10.1. The Balaban J connectivity index is 1.29. The van der Waals surface area contributed by atoms with Crippen molar-refractivity contribution in [3.8, 4) is 17.0 Å². The van der Waals surface area contributed by atoms with E-state index in [1.54, 1.807) is 42.5 Å². The van der Waals surface area contributed by atoms with Crippen LogP contribution in [0.15, 0.2) is 54.7 Å². The average molecular weight is 461 g/mol. The van der Waals surface area contributed by atoms with Crippen LogP contribution in [0.4, 0.5) is 5.13 Å². The van der Waals surface area contributed by atoms with E-state index in [4.69, 9.17) is 4.74 Å². The van der Waals surface area contributed by atoms with E-state index in [1.807, 2.05) is 24.3 Å². The zero-order chi connectivity index (χ0) is 22.8. The van der Waals surface area contributed by atoms with Gasteiger partial charge in [-0.1, -0.05) is 29.5 Å². The molecule has 0 unspecified atom stereocenters. The fourth-order valence-electron chi connectivity index (χ4n) is 3.68. The number of benzene rings is 1. The van der Waals surface area contributed by atoms with E-state index in [-0.39, 0.29) is 11.8 Å². The minimum atomic E-state index is -0.309. The van der Waals surface area contributed by atoms with Gasteiger partial charge < -0.3 is 9.64 Å². The molecule has 166 valence electrons. The van der Waals surface area contributed by atoms with Gasteiger partial charge in [-0.2, -0.15) is 5.10 Å². The summed E-state index contributed by atoms with van der Waals surface area (Å²) in [5.41, 5.74) is 3.09. The Kier molecular flexibility index (Phi) is 5.57. The van der Waals surface area contributed by atoms with Crippen molar-refractivity contribution in [1.82, 2.24) is 25.1 Å². The van der Waals surface area contributed by atoms with Gasteiger partial charge in [-0.05, 0) is 30.3 Å². The summed E-state index contributed by atoms with van der Waals surface area (Å²) < 4.78 is 5.39. The first-order valence-corrected chi connectivity index (χ1v) is 11.1. The fourth-order valence-corrected chi connectivity index (χ4v) is 4.70. The van der Waals surface area contributed by atoms with Crippen LogP contribution in [0.2, 0.25) is 0 Å². The number of carbonyl (C=O) groups excluding carboxylic acids is 2. The number of fused-ring (bicyclic) bond motifs is 1. The van der Waals surface area contributed by atoms with Crippen molar-refractivity contribution in [1.29, 1.82) is 0 Å². The molecule has 3 aromatic heterocycles. The van der Waals surface area contributed by atoms with Gasteiger partial charge in [0.1, 0.15) is 17.1 Å². The number of para-hydroxylation sites is 1. The zero-order valence-electron chi connectivity index (χ0n) is 17.7. The van der Waals surface area contributed by atoms with Crippen molar-refractivity contribution in [3.05, 3.63) is 76.7 Å². The van der Waals surface area contributed by atoms with Crippen molar-refractivity contribution >= 4 is 28.3 Å². The number of nitrogens with one attached hydrogen (secondary N) is 2. The standard InChI is InChI=1S/C23H20N6O3S/c1-32-19-8-3-2-6-14(19)17-12-18(28-27-17)22(31)29-11-9-15-20(13-29)33-23(25-15)26-21(30)16-7-4-5-10-24-16/h2-8,10,12H,9,11,13H2,1H3,(H,27,28)(H,25,26,30). The minimum absolute atomic E-state index is 0.137. The highest BCUT2D eigenvalue weighted by Gasteiger charge is 2.27. The largest absolute Gasteiger partial charge is 0.496 e. The number of hydrogen-bond acceptors (Lipinski definition) is 7. The molecule has 0 atom stereocenters. The maximum Gasteiger partial charge on any atom is 0.276 e. The predicted molar refractivity (Wildman–Crippen MR) is 123 cm³/mol. The first kappa shape index (κ1) is 20.8. The highest BCUT2D eigenvalue weighted by Crippen LogP contribution is 2.31. The topological polar surface area (TPSA) is 113 Å². The lowest BCUT2D eigenvalue weighted by Crippen LogP contribution is -2.35. The second-order valence-corrected chi connectivity index (χ2v) is 8.49. The summed E-state index contributed by atoms with van der Waals surface area (Å²) >= 11 is 1.37. The highest BCUT2D eigenvalue weighted by atomic mass is 32.1. The Morgan fingerprint density at radius 3 is 2.85 bits per heavy atom. The molecule has 5 rings (SSSR count). The van der Waals surface area contributed by atoms with E-state index in [1.165, 1.54) is 11.3 Å². The van der Waals surface area contributed by atoms with Crippen LogP contribution < -0.4 is 10.1 Å². The molecule has 4 aromatic rings. The van der Waals surface area contributed by atoms with E-state index < -0.39 is 0 Å². The van der Waals surface area contributed by atoms with Crippen molar-refractivity contribution < 1.29 is 14.3 Å². The molecule has 4 heterocycles. The number of pyridine rings is 1. The number of aromatic nitrogens is 4. The Morgan fingerprint density at radius 2 is 2.03 bits per heavy atom. The van der Waals surface area contributed by atoms with Crippen LogP contribution in [-0.4, -0.2) is 50.5 Å². The van der Waals surface area contributed by atoms with Crippen molar-refractivity contribution in [3.63, 3.8) is 0 Å². The van der Waals surface area contributed by atoms with Gasteiger partial charge >= 0.3 is 0 Å². The molecular formula is C23H20N6O3S. The van der Waals surface area contributed by atoms with E-state index in [2.05, 4.69) is 25.5 Å². The minimum Gasteiger partial charge on any atom is -0.496 e. The number of nitrogens with zero attached hydrogens (tertiary/aromatic N) is 4. The monoisotopic (exact) mass is 460 g/mol. The first-order valence-electron chi connectivity index (χ1n) is 10.3. The molecule has 0 saturated carbocycles. The summed E-state index contributed by atoms with van der Waals surface area (Å²) in [7, 11) is 1.60. The molecule has 1 aromatic carbocycles. The second kappa shape index (κ2) is 8.83. The van der Waals surface area contributed by atoms with E-state index in [0.717, 1.165) is 16.1 Å². The first-order chi connectivity index (χ1) is 16.1. The Labute approximate surface area is 193 Å². The molecular weight excluding hydrogens is 440 g/mol. The average Bonchev–Trinajstić information content (AvgIpc) is 3.50. The number of hydrogen-bond donors (Lipinski definition) is 2. The molecule has 0 saturated heterocycles. The molecule has 0 spiro atoms. The van der Waals surface area contributed by atoms with Crippen LogP contribution in [0.3, 0.4) is 0 Å². The van der Waals surface area contributed by atoms with Gasteiger partial charge in [-0.15, -0.1) is 0 Å². The van der Waals surface area contributed by atoms with Crippen molar-refractivity contribution in [2.24, 2.45) is 0 Å². The van der Waals surface area contributed by atoms with E-state index >= 15 is 0 Å². The van der Waals surface area contributed by atoms with Gasteiger partial charge in [0, 0.05) is 29.6 Å². The molecule has 2 amide bonds. The Bertz CT molecular complexity index is 1320. The number of H-pyrrole nitrogens is 1. The summed E-state index contributed by atoms with van der Waals surface area (Å²) in [5.74, 6) is 0.244. The van der Waals surface area contributed by atoms with Gasteiger partial charge in [0.05, 0.1) is 25.0 Å². The lowest BCUT2D eigenvalue weighted by molar-refractivity contribution is 0.0730. The number of carbonyl (C=O) groups is 2. The van der Waals surface area contributed by atoms with Gasteiger partial charge in [0.2, 0.25) is 0 Å². The maximum atomic E-state index is 13.1. The quantitative estimate of drug-likeness (QED) is 0.472. The summed E-state index contributed by atoms with van der Waals surface area (Å²) in [6.45, 7) is 0.959. The Hall–Kier alpha value is -4.05. The molecule has 1 aliphatic rings. The maximum absolute atomic E-state index is 13.1. The molecule has 33 heavy (non-hydrogen) atoms. The third-order valence-electron chi connectivity index (χ3n) is 5.33. The van der Waals surface area contributed by atoms with E-state index in [0.29, 0.717) is 47.5 Å². The number of methoxy groups -OCH3 is 1. The molecule has 0 aliphatic carbocycles. The number of ether oxygens (including phenoxy) is 1. The number of rotatable bonds is 5. The molecule has 0 fully saturated rings. The Morgan fingerprint density at radius 1 is 1.18 bits per heavy atom. The smallest absolute Gasteiger partial charge is 0.276 e. The lowest BCUT2D eigenvalue weighted by Gasteiger charge is -2.25. The molecule has 10 heteroatoms. The third-order valence-corrected chi connectivity index (χ3v) is 6.33. The number of amides is 2. The van der Waals surface area contributed by atoms with Crippen LogP contribution in [0, 0.1) is 0 Å². The normalized spacial score (nSPS) is 12.8. The van der Waals surface area contributed by atoms with E-state index in [9.17, 15) is 9.59 Å². The number of anilines is 1. The fraction of sp³-hybridized carbons (Fsp3) is 0.174. The summed E-state index contributed by atoms with van der Waals surface area (Å²) in [6.07, 6.45) is 2.19. The van der Waals surface area contributed by atoms with Crippen LogP contribution >= 0.6 is 11.3 Å². The van der Waals surface area contributed by atoms with Crippen molar-refractivity contribution in [2.75, 3.05) is 19.0 Å². The van der Waals surface area contributed by atoms with Crippen LogP contribution in [0.25, 0.3) is 11.3 Å². The SMILES string of the molecule is COc1ccccc1-c1cc(C(=O)N2CCc3nc(NC(=O)c4ccccn4)sc3C2)[nH]n1. The number of thiazole rings is 1. The zero-order valence-corrected chi connectivity index (χ0v) is 18.6. The van der Waals surface area contributed by atoms with Gasteiger partial charge in [0.15, 0.2) is 5.13 Å². The second-order valence-electron chi connectivity index (χ2n) is 7.40. The summed E-state index contributed by atoms with van der Waals surface area (Å²) in [5, 5.41) is 10.5. The van der Waals surface area contributed by atoms with Crippen LogP contribution in [0.1, 0.15) is 31.5 Å². The molecule has 0 bridgehead atoms. The van der Waals surface area contributed by atoms with Crippen LogP contribution in [0.5, 0.6) is 5.75 Å². The predicted octanol–water partition coefficient (Wildman–Crippen LogP) is 3.39. The molecule has 0 radical (unpaired) electrons. The molecule has 2 N–H and O–H groups in total. The van der Waals surface area contributed by atoms with Gasteiger partial charge in [-0.3, -0.25) is 25.0 Å². The van der Waals surface area contributed by atoms with Crippen LogP contribution in [-0.2, 0) is 13.0 Å². The van der Waals surface area contributed by atoms with Gasteiger partial charge in [0.25, 0.3) is 11.8 Å². The summed E-state index contributed by atoms with van der Waals surface area (Å²) in [4.78, 5) is 36.8. The molecule has 9 nitrogen and oxygen atoms in total. The molecule has 1 aliphatic heterocycles. The van der Waals surface area contributed by atoms with Gasteiger partial charge in [-0.25, -0.2) is 4.98 Å². The van der Waals surface area contributed by atoms with Crippen molar-refractivity contribution in [2.45, 2.75) is 13.0 Å².